The molecule has 1 aliphatic carbocycles. The van der Waals surface area contributed by atoms with E-state index in [1.807, 2.05) is 0 Å². The number of rotatable bonds is 4. The van der Waals surface area contributed by atoms with Gasteiger partial charge < -0.3 is 15.4 Å². The van der Waals surface area contributed by atoms with Gasteiger partial charge in [0, 0.05) is 19.0 Å². The zero-order valence-corrected chi connectivity index (χ0v) is 10.2. The lowest BCUT2D eigenvalue weighted by Gasteiger charge is -2.51. The molecular formula is C12H20N2O3. The van der Waals surface area contributed by atoms with E-state index in [0.29, 0.717) is 19.7 Å². The fraction of sp³-hybridized carbons (Fsp3) is 0.833. The Bertz CT molecular complexity index is 307. The molecule has 96 valence electrons. The second-order valence-electron chi connectivity index (χ2n) is 5.06. The molecule has 0 aromatic heterocycles. The van der Waals surface area contributed by atoms with Crippen molar-refractivity contribution in [3.8, 4) is 0 Å². The lowest BCUT2D eigenvalue weighted by atomic mass is 9.61. The SMILES string of the molecule is CCCCOC(=O)N1C[C@@H]2C[C@@H](C1)C2C(N)=O. The lowest BCUT2D eigenvalue weighted by molar-refractivity contribution is -0.137. The maximum atomic E-state index is 11.7. The van der Waals surface area contributed by atoms with Crippen molar-refractivity contribution in [3.05, 3.63) is 0 Å². The van der Waals surface area contributed by atoms with Crippen LogP contribution in [-0.4, -0.2) is 36.6 Å². The van der Waals surface area contributed by atoms with Crippen LogP contribution >= 0.6 is 0 Å². The van der Waals surface area contributed by atoms with Crippen LogP contribution in [0.25, 0.3) is 0 Å². The molecular weight excluding hydrogens is 220 g/mol. The van der Waals surface area contributed by atoms with Gasteiger partial charge in [0.05, 0.1) is 6.61 Å². The predicted octanol–water partition coefficient (Wildman–Crippen LogP) is 0.976. The molecule has 3 fully saturated rings. The van der Waals surface area contributed by atoms with E-state index < -0.39 is 0 Å². The van der Waals surface area contributed by atoms with Crippen LogP contribution in [0.3, 0.4) is 0 Å². The van der Waals surface area contributed by atoms with Crippen LogP contribution in [0.1, 0.15) is 26.2 Å². The number of carbonyl (C=O) groups excluding carboxylic acids is 2. The Morgan fingerprint density at radius 1 is 1.35 bits per heavy atom. The van der Waals surface area contributed by atoms with Crippen molar-refractivity contribution in [1.29, 1.82) is 0 Å². The number of primary amides is 1. The zero-order valence-electron chi connectivity index (χ0n) is 10.2. The monoisotopic (exact) mass is 240 g/mol. The number of piperidine rings is 2. The number of ether oxygens (including phenoxy) is 1. The van der Waals surface area contributed by atoms with E-state index in [2.05, 4.69) is 6.92 Å². The second-order valence-corrected chi connectivity index (χ2v) is 5.06. The van der Waals surface area contributed by atoms with Crippen molar-refractivity contribution in [2.24, 2.45) is 23.5 Å². The van der Waals surface area contributed by atoms with E-state index in [1.54, 1.807) is 4.90 Å². The summed E-state index contributed by atoms with van der Waals surface area (Å²) in [6.45, 7) is 3.78. The summed E-state index contributed by atoms with van der Waals surface area (Å²) >= 11 is 0. The molecule has 3 rings (SSSR count). The van der Waals surface area contributed by atoms with Crippen molar-refractivity contribution in [1.82, 2.24) is 4.90 Å². The second kappa shape index (κ2) is 4.94. The largest absolute Gasteiger partial charge is 0.449 e. The van der Waals surface area contributed by atoms with E-state index in [9.17, 15) is 9.59 Å². The van der Waals surface area contributed by atoms with Crippen molar-refractivity contribution in [3.63, 3.8) is 0 Å². The van der Waals surface area contributed by atoms with Crippen LogP contribution in [0.15, 0.2) is 0 Å². The first kappa shape index (κ1) is 12.2. The summed E-state index contributed by atoms with van der Waals surface area (Å²) in [5.41, 5.74) is 5.33. The number of hydrogen-bond acceptors (Lipinski definition) is 3. The molecule has 0 radical (unpaired) electrons. The quantitative estimate of drug-likeness (QED) is 0.744. The third-order valence-corrected chi connectivity index (χ3v) is 3.84. The molecule has 0 unspecified atom stereocenters. The molecule has 2 saturated heterocycles. The van der Waals surface area contributed by atoms with Crippen molar-refractivity contribution < 1.29 is 14.3 Å². The third kappa shape index (κ3) is 2.37. The molecule has 0 aromatic rings. The van der Waals surface area contributed by atoms with Gasteiger partial charge in [-0.15, -0.1) is 0 Å². The van der Waals surface area contributed by atoms with Crippen molar-refractivity contribution >= 4 is 12.0 Å². The standard InChI is InChI=1S/C12H20N2O3/c1-2-3-4-17-12(16)14-6-8-5-9(7-14)10(8)11(13)15/h8-10H,2-7H2,1H3,(H2,13,15)/t8-,9-/m0/s1. The number of fused-ring (bicyclic) bond motifs is 2. The first-order valence-electron chi connectivity index (χ1n) is 6.34. The van der Waals surface area contributed by atoms with Gasteiger partial charge in [-0.3, -0.25) is 4.79 Å². The van der Waals surface area contributed by atoms with E-state index >= 15 is 0 Å². The average Bonchev–Trinajstić information content (AvgIpc) is 2.28. The fourth-order valence-corrected chi connectivity index (χ4v) is 2.90. The van der Waals surface area contributed by atoms with Crippen molar-refractivity contribution in [2.45, 2.75) is 26.2 Å². The Morgan fingerprint density at radius 2 is 2.00 bits per heavy atom. The number of unbranched alkanes of at least 4 members (excludes halogenated alkanes) is 1. The van der Waals surface area contributed by atoms with Gasteiger partial charge in [0.25, 0.3) is 0 Å². The highest BCUT2D eigenvalue weighted by Crippen LogP contribution is 2.45. The van der Waals surface area contributed by atoms with Gasteiger partial charge in [0.2, 0.25) is 5.91 Å². The summed E-state index contributed by atoms with van der Waals surface area (Å²) in [6.07, 6.45) is 2.70. The number of carbonyl (C=O) groups is 2. The molecule has 5 nitrogen and oxygen atoms in total. The molecule has 0 spiro atoms. The first-order chi connectivity index (χ1) is 8.13. The Balaban J connectivity index is 1.79. The van der Waals surface area contributed by atoms with Gasteiger partial charge in [-0.1, -0.05) is 13.3 Å². The average molecular weight is 240 g/mol. The smallest absolute Gasteiger partial charge is 0.409 e. The maximum Gasteiger partial charge on any atom is 0.409 e. The Labute approximate surface area is 101 Å². The minimum Gasteiger partial charge on any atom is -0.449 e. The fourth-order valence-electron chi connectivity index (χ4n) is 2.90. The summed E-state index contributed by atoms with van der Waals surface area (Å²) < 4.78 is 5.16. The molecule has 5 heteroatoms. The number of amides is 2. The van der Waals surface area contributed by atoms with Crippen LogP contribution in [-0.2, 0) is 9.53 Å². The Hall–Kier alpha value is -1.26. The lowest BCUT2D eigenvalue weighted by Crippen LogP contribution is -2.60. The van der Waals surface area contributed by atoms with Crippen LogP contribution in [0.4, 0.5) is 4.79 Å². The van der Waals surface area contributed by atoms with Gasteiger partial charge in [-0.05, 0) is 24.7 Å². The van der Waals surface area contributed by atoms with Crippen LogP contribution in [0, 0.1) is 17.8 Å². The van der Waals surface area contributed by atoms with E-state index in [4.69, 9.17) is 10.5 Å². The minimum absolute atomic E-state index is 0.0188. The molecule has 1 saturated carbocycles. The predicted molar refractivity (Wildman–Crippen MR) is 62.1 cm³/mol. The van der Waals surface area contributed by atoms with Gasteiger partial charge >= 0.3 is 6.09 Å². The maximum absolute atomic E-state index is 11.7. The first-order valence-corrected chi connectivity index (χ1v) is 6.34. The topological polar surface area (TPSA) is 72.6 Å². The third-order valence-electron chi connectivity index (χ3n) is 3.84. The van der Waals surface area contributed by atoms with Crippen LogP contribution < -0.4 is 5.73 Å². The summed E-state index contributed by atoms with van der Waals surface area (Å²) in [5, 5.41) is 0. The number of hydrogen-bond donors (Lipinski definition) is 1. The normalized spacial score (nSPS) is 30.6. The number of nitrogens with two attached hydrogens (primary N) is 1. The molecule has 2 N–H and O–H groups in total. The highest BCUT2D eigenvalue weighted by Gasteiger charge is 2.50. The van der Waals surface area contributed by atoms with E-state index in [0.717, 1.165) is 19.3 Å². The molecule has 0 aromatic carbocycles. The molecule has 2 atom stereocenters. The van der Waals surface area contributed by atoms with E-state index in [1.165, 1.54) is 0 Å². The zero-order chi connectivity index (χ0) is 12.4. The molecule has 2 heterocycles. The van der Waals surface area contributed by atoms with Gasteiger partial charge in [0.15, 0.2) is 0 Å². The summed E-state index contributed by atoms with van der Waals surface area (Å²) in [7, 11) is 0. The molecule has 2 aliphatic heterocycles. The molecule has 2 amide bonds. The van der Waals surface area contributed by atoms with Gasteiger partial charge in [-0.2, -0.15) is 0 Å². The van der Waals surface area contributed by atoms with Crippen molar-refractivity contribution in [2.75, 3.05) is 19.7 Å². The molecule has 3 aliphatic rings. The van der Waals surface area contributed by atoms with Crippen LogP contribution in [0.2, 0.25) is 0 Å². The highest BCUT2D eigenvalue weighted by molar-refractivity contribution is 5.79. The summed E-state index contributed by atoms with van der Waals surface area (Å²) in [5.74, 6) is 0.273. The summed E-state index contributed by atoms with van der Waals surface area (Å²) in [6, 6.07) is 0. The molecule has 17 heavy (non-hydrogen) atoms. The van der Waals surface area contributed by atoms with Gasteiger partial charge in [0.1, 0.15) is 0 Å². The minimum atomic E-state index is -0.240. The summed E-state index contributed by atoms with van der Waals surface area (Å²) in [4.78, 5) is 24.6. The van der Waals surface area contributed by atoms with E-state index in [-0.39, 0.29) is 29.8 Å². The van der Waals surface area contributed by atoms with Gasteiger partial charge in [-0.25, -0.2) is 4.79 Å². The van der Waals surface area contributed by atoms with Crippen LogP contribution in [0.5, 0.6) is 0 Å². The Kier molecular flexibility index (Phi) is 3.54. The Morgan fingerprint density at radius 3 is 2.53 bits per heavy atom. The number of nitrogens with zero attached hydrogens (tertiary/aromatic N) is 1. The molecule has 2 bridgehead atoms. The highest BCUT2D eigenvalue weighted by atomic mass is 16.6.